The van der Waals surface area contributed by atoms with E-state index in [1.165, 1.54) is 24.2 Å². The first-order valence-electron chi connectivity index (χ1n) is 7.44. The van der Waals surface area contributed by atoms with Gasteiger partial charge >= 0.3 is 0 Å². The van der Waals surface area contributed by atoms with E-state index >= 15 is 0 Å². The second-order valence-corrected chi connectivity index (χ2v) is 7.12. The average Bonchev–Trinajstić information content (AvgIpc) is 2.34. The third-order valence-corrected chi connectivity index (χ3v) is 3.72. The summed E-state index contributed by atoms with van der Waals surface area (Å²) in [6.45, 7) is 14.4. The van der Waals surface area contributed by atoms with Gasteiger partial charge in [0.1, 0.15) is 5.82 Å². The molecule has 0 unspecified atom stereocenters. The molecule has 2 heterocycles. The van der Waals surface area contributed by atoms with Crippen LogP contribution in [0.5, 0.6) is 0 Å². The zero-order valence-corrected chi connectivity index (χ0v) is 13.0. The van der Waals surface area contributed by atoms with Crippen LogP contribution in [0.25, 0.3) is 0 Å². The summed E-state index contributed by atoms with van der Waals surface area (Å²) < 4.78 is 0. The summed E-state index contributed by atoms with van der Waals surface area (Å²) in [6.07, 6.45) is 4.41. The third-order valence-electron chi connectivity index (χ3n) is 3.72. The van der Waals surface area contributed by atoms with Crippen LogP contribution >= 0.6 is 0 Å². The molecule has 1 aliphatic heterocycles. The maximum atomic E-state index is 4.81. The van der Waals surface area contributed by atoms with E-state index in [0.29, 0.717) is 0 Å². The van der Waals surface area contributed by atoms with Crippen molar-refractivity contribution in [3.8, 4) is 0 Å². The molecule has 0 saturated carbocycles. The van der Waals surface area contributed by atoms with E-state index in [1.54, 1.807) is 0 Å². The number of aromatic nitrogens is 2. The monoisotopic (exact) mass is 261 g/mol. The van der Waals surface area contributed by atoms with Crippen molar-refractivity contribution < 1.29 is 0 Å². The number of rotatable bonds is 3. The molecular weight excluding hydrogens is 234 g/mol. The molecule has 3 heteroatoms. The predicted octanol–water partition coefficient (Wildman–Crippen LogP) is 3.18. The van der Waals surface area contributed by atoms with Gasteiger partial charge in [-0.3, -0.25) is 4.90 Å². The molecule has 0 aromatic carbocycles. The molecule has 106 valence electrons. The second kappa shape index (κ2) is 5.58. The molecule has 2 rings (SSSR count). The van der Waals surface area contributed by atoms with Crippen LogP contribution in [-0.2, 0) is 18.4 Å². The van der Waals surface area contributed by atoms with E-state index in [1.807, 2.05) is 6.20 Å². The largest absolute Gasteiger partial charge is 0.297 e. The average molecular weight is 261 g/mol. The van der Waals surface area contributed by atoms with E-state index < -0.39 is 0 Å². The van der Waals surface area contributed by atoms with E-state index in [4.69, 9.17) is 4.98 Å². The van der Waals surface area contributed by atoms with Crippen molar-refractivity contribution in [3.63, 3.8) is 0 Å². The van der Waals surface area contributed by atoms with Crippen LogP contribution < -0.4 is 0 Å². The van der Waals surface area contributed by atoms with E-state index in [9.17, 15) is 0 Å². The van der Waals surface area contributed by atoms with Gasteiger partial charge in [0.05, 0.1) is 5.69 Å². The smallest absolute Gasteiger partial charge is 0.133 e. The van der Waals surface area contributed by atoms with Gasteiger partial charge in [0.15, 0.2) is 0 Å². The quantitative estimate of drug-likeness (QED) is 0.837. The second-order valence-electron chi connectivity index (χ2n) is 7.12. The summed E-state index contributed by atoms with van der Waals surface area (Å²) in [4.78, 5) is 11.9. The molecule has 1 aromatic rings. The molecule has 19 heavy (non-hydrogen) atoms. The van der Waals surface area contributed by atoms with Crippen LogP contribution in [0, 0.1) is 5.92 Å². The van der Waals surface area contributed by atoms with Gasteiger partial charge < -0.3 is 0 Å². The summed E-state index contributed by atoms with van der Waals surface area (Å²) in [5.41, 5.74) is 2.62. The van der Waals surface area contributed by atoms with Crippen LogP contribution in [-0.4, -0.2) is 28.0 Å². The van der Waals surface area contributed by atoms with Crippen LogP contribution in [0.4, 0.5) is 0 Å². The van der Waals surface area contributed by atoms with Gasteiger partial charge in [0.25, 0.3) is 0 Å². The van der Waals surface area contributed by atoms with Crippen molar-refractivity contribution in [2.24, 2.45) is 5.92 Å². The van der Waals surface area contributed by atoms with E-state index in [-0.39, 0.29) is 5.41 Å². The highest BCUT2D eigenvalue weighted by Crippen LogP contribution is 2.22. The molecule has 0 spiro atoms. The number of nitrogens with zero attached hydrogens (tertiary/aromatic N) is 3. The summed E-state index contributed by atoms with van der Waals surface area (Å²) in [5.74, 6) is 1.74. The molecule has 0 aliphatic carbocycles. The third kappa shape index (κ3) is 3.75. The molecule has 0 saturated heterocycles. The Balaban J connectivity index is 2.10. The summed E-state index contributed by atoms with van der Waals surface area (Å²) >= 11 is 0. The summed E-state index contributed by atoms with van der Waals surface area (Å²) in [7, 11) is 0. The summed E-state index contributed by atoms with van der Waals surface area (Å²) in [6, 6.07) is 0. The molecule has 0 atom stereocenters. The minimum absolute atomic E-state index is 0.0369. The normalized spacial score (nSPS) is 16.7. The first-order chi connectivity index (χ1) is 8.86. The van der Waals surface area contributed by atoms with Crippen LogP contribution in [0.2, 0.25) is 0 Å². The molecule has 0 amide bonds. The fourth-order valence-electron chi connectivity index (χ4n) is 2.35. The zero-order valence-electron chi connectivity index (χ0n) is 13.0. The Labute approximate surface area is 117 Å². The van der Waals surface area contributed by atoms with Crippen molar-refractivity contribution >= 4 is 0 Å². The minimum atomic E-state index is 0.0369. The first-order valence-corrected chi connectivity index (χ1v) is 7.44. The zero-order chi connectivity index (χ0) is 14.0. The molecule has 0 radical (unpaired) electrons. The van der Waals surface area contributed by atoms with Crippen LogP contribution in [0.15, 0.2) is 6.20 Å². The Hall–Kier alpha value is -0.960. The standard InChI is InChI=1S/C16H27N3/c1-12(2)6-8-19-9-7-13-10-17-15(16(3,4)5)18-14(13)11-19/h10,12H,6-9,11H2,1-5H3. The van der Waals surface area contributed by atoms with Crippen LogP contribution in [0.3, 0.4) is 0 Å². The van der Waals surface area contributed by atoms with Gasteiger partial charge in [0.2, 0.25) is 0 Å². The Morgan fingerprint density at radius 1 is 1.32 bits per heavy atom. The highest BCUT2D eigenvalue weighted by molar-refractivity contribution is 5.22. The lowest BCUT2D eigenvalue weighted by atomic mass is 9.95. The molecule has 1 aliphatic rings. The molecule has 0 fully saturated rings. The molecule has 0 bridgehead atoms. The van der Waals surface area contributed by atoms with E-state index in [2.05, 4.69) is 44.5 Å². The Morgan fingerprint density at radius 3 is 2.68 bits per heavy atom. The molecule has 3 nitrogen and oxygen atoms in total. The lowest BCUT2D eigenvalue weighted by Crippen LogP contribution is -2.33. The van der Waals surface area contributed by atoms with Gasteiger partial charge in [-0.2, -0.15) is 0 Å². The van der Waals surface area contributed by atoms with Crippen molar-refractivity contribution in [3.05, 3.63) is 23.3 Å². The van der Waals surface area contributed by atoms with Gasteiger partial charge in [-0.15, -0.1) is 0 Å². The lowest BCUT2D eigenvalue weighted by Gasteiger charge is -2.29. The maximum Gasteiger partial charge on any atom is 0.133 e. The fourth-order valence-corrected chi connectivity index (χ4v) is 2.35. The van der Waals surface area contributed by atoms with E-state index in [0.717, 1.165) is 31.3 Å². The van der Waals surface area contributed by atoms with Gasteiger partial charge in [-0.1, -0.05) is 34.6 Å². The topological polar surface area (TPSA) is 29.0 Å². The minimum Gasteiger partial charge on any atom is -0.297 e. The maximum absolute atomic E-state index is 4.81. The van der Waals surface area contributed by atoms with Crippen molar-refractivity contribution in [1.29, 1.82) is 0 Å². The molecule has 1 aromatic heterocycles. The SMILES string of the molecule is CC(C)CCN1CCc2cnc(C(C)(C)C)nc2C1. The number of fused-ring (bicyclic) bond motifs is 1. The number of hydrogen-bond donors (Lipinski definition) is 0. The van der Waals surface area contributed by atoms with Crippen molar-refractivity contribution in [2.45, 2.75) is 59.4 Å². The lowest BCUT2D eigenvalue weighted by molar-refractivity contribution is 0.234. The Kier molecular flexibility index (Phi) is 4.24. The Bertz CT molecular complexity index is 432. The highest BCUT2D eigenvalue weighted by Gasteiger charge is 2.22. The highest BCUT2D eigenvalue weighted by atomic mass is 15.1. The Morgan fingerprint density at radius 2 is 2.05 bits per heavy atom. The van der Waals surface area contributed by atoms with Gasteiger partial charge in [-0.25, -0.2) is 9.97 Å². The fraction of sp³-hybridized carbons (Fsp3) is 0.750. The molecular formula is C16H27N3. The first kappa shape index (κ1) is 14.4. The van der Waals surface area contributed by atoms with Gasteiger partial charge in [0, 0.05) is 24.7 Å². The number of hydrogen-bond acceptors (Lipinski definition) is 3. The molecule has 0 N–H and O–H groups in total. The van der Waals surface area contributed by atoms with Crippen molar-refractivity contribution in [1.82, 2.24) is 14.9 Å². The van der Waals surface area contributed by atoms with Crippen LogP contribution in [0.1, 0.15) is 58.1 Å². The predicted molar refractivity (Wildman–Crippen MR) is 79.2 cm³/mol. The van der Waals surface area contributed by atoms with Gasteiger partial charge in [-0.05, 0) is 30.9 Å². The van der Waals surface area contributed by atoms with Crippen molar-refractivity contribution in [2.75, 3.05) is 13.1 Å². The summed E-state index contributed by atoms with van der Waals surface area (Å²) in [5, 5.41) is 0.